The molecule has 14 heavy (non-hydrogen) atoms. The lowest BCUT2D eigenvalue weighted by molar-refractivity contribution is -0.139. The summed E-state index contributed by atoms with van der Waals surface area (Å²) in [5.41, 5.74) is 5.52. The molecule has 0 fully saturated rings. The Morgan fingerprint density at radius 3 is 2.29 bits per heavy atom. The average Bonchev–Trinajstić information content (AvgIpc) is 2.01. The third-order valence-corrected chi connectivity index (χ3v) is 2.22. The Kier molecular flexibility index (Phi) is 5.64. The minimum Gasteiger partial charge on any atom is -0.480 e. The van der Waals surface area contributed by atoms with Crippen LogP contribution < -0.4 is 11.1 Å². The minimum absolute atomic E-state index is 0.305. The number of hydrogen-bond acceptors (Lipinski definition) is 3. The van der Waals surface area contributed by atoms with Gasteiger partial charge in [-0.2, -0.15) is 0 Å². The number of thiocarbonyl (C=S) groups is 1. The number of rotatable bonds is 5. The van der Waals surface area contributed by atoms with E-state index in [0.29, 0.717) is 17.3 Å². The van der Waals surface area contributed by atoms with Crippen molar-refractivity contribution >= 4 is 23.2 Å². The fourth-order valence-electron chi connectivity index (χ4n) is 0.996. The molecule has 4 nitrogen and oxygen atoms in total. The predicted molar refractivity (Wildman–Crippen MR) is 60.3 cm³/mol. The zero-order valence-corrected chi connectivity index (χ0v) is 9.60. The molecule has 0 radical (unpaired) electrons. The van der Waals surface area contributed by atoms with Crippen molar-refractivity contribution in [2.24, 2.45) is 11.7 Å². The number of aliphatic carboxylic acids is 1. The van der Waals surface area contributed by atoms with Crippen molar-refractivity contribution in [2.45, 2.75) is 39.3 Å². The maximum Gasteiger partial charge on any atom is 0.326 e. The van der Waals surface area contributed by atoms with E-state index in [4.69, 9.17) is 23.1 Å². The van der Waals surface area contributed by atoms with Gasteiger partial charge in [0, 0.05) is 0 Å². The van der Waals surface area contributed by atoms with E-state index in [2.05, 4.69) is 5.32 Å². The second kappa shape index (κ2) is 5.93. The molecule has 0 spiro atoms. The number of nitrogens with one attached hydrogen (secondary N) is 1. The van der Waals surface area contributed by atoms with Crippen molar-refractivity contribution in [1.29, 1.82) is 0 Å². The number of nitrogens with two attached hydrogens (primary N) is 1. The van der Waals surface area contributed by atoms with Crippen LogP contribution in [0.2, 0.25) is 0 Å². The summed E-state index contributed by atoms with van der Waals surface area (Å²) in [6, 6.07) is -0.937. The van der Waals surface area contributed by atoms with Crippen LogP contribution in [-0.2, 0) is 4.79 Å². The van der Waals surface area contributed by atoms with Crippen molar-refractivity contribution in [3.05, 3.63) is 0 Å². The first-order chi connectivity index (χ1) is 6.34. The lowest BCUT2D eigenvalue weighted by atomic mass is 10.0. The fraction of sp³-hybridized carbons (Fsp3) is 0.778. The Morgan fingerprint density at radius 1 is 1.50 bits per heavy atom. The molecule has 0 aliphatic rings. The van der Waals surface area contributed by atoms with Crippen LogP contribution in [-0.4, -0.2) is 28.1 Å². The van der Waals surface area contributed by atoms with Crippen LogP contribution in [0, 0.1) is 5.92 Å². The van der Waals surface area contributed by atoms with Gasteiger partial charge >= 0.3 is 5.97 Å². The average molecular weight is 218 g/mol. The number of carboxylic acids is 1. The van der Waals surface area contributed by atoms with E-state index in [0.717, 1.165) is 0 Å². The van der Waals surface area contributed by atoms with Crippen LogP contribution in [0.4, 0.5) is 0 Å². The molecule has 0 heterocycles. The van der Waals surface area contributed by atoms with Crippen LogP contribution in [0.15, 0.2) is 0 Å². The van der Waals surface area contributed by atoms with Crippen molar-refractivity contribution in [2.75, 3.05) is 0 Å². The molecule has 4 N–H and O–H groups in total. The van der Waals surface area contributed by atoms with Crippen molar-refractivity contribution < 1.29 is 9.90 Å². The summed E-state index contributed by atoms with van der Waals surface area (Å²) < 4.78 is 0. The molecule has 0 aliphatic heterocycles. The molecule has 0 unspecified atom stereocenters. The van der Waals surface area contributed by atoms with E-state index < -0.39 is 12.0 Å². The standard InChI is InChI=1S/C9H18N2O2S/c1-5(2)4-7(9(12)13)11-8(14)6(3)10/h5-7H,4,10H2,1-3H3,(H,11,14)(H,12,13)/t6-,7-/m0/s1. The lowest BCUT2D eigenvalue weighted by Gasteiger charge is -2.19. The zero-order valence-electron chi connectivity index (χ0n) is 8.78. The van der Waals surface area contributed by atoms with Gasteiger partial charge in [0.2, 0.25) is 0 Å². The van der Waals surface area contributed by atoms with Gasteiger partial charge in [0.15, 0.2) is 0 Å². The quantitative estimate of drug-likeness (QED) is 0.594. The highest BCUT2D eigenvalue weighted by Crippen LogP contribution is 2.05. The third kappa shape index (κ3) is 5.14. The maximum absolute atomic E-state index is 10.8. The van der Waals surface area contributed by atoms with Crippen molar-refractivity contribution in [3.63, 3.8) is 0 Å². The smallest absolute Gasteiger partial charge is 0.326 e. The molecule has 82 valence electrons. The second-order valence-corrected chi connectivity index (χ2v) is 4.26. The molecule has 0 aromatic heterocycles. The first-order valence-electron chi connectivity index (χ1n) is 4.63. The highest BCUT2D eigenvalue weighted by Gasteiger charge is 2.20. The molecular weight excluding hydrogens is 200 g/mol. The lowest BCUT2D eigenvalue weighted by Crippen LogP contribution is -2.46. The van der Waals surface area contributed by atoms with E-state index >= 15 is 0 Å². The summed E-state index contributed by atoms with van der Waals surface area (Å²) in [5, 5.41) is 11.6. The van der Waals surface area contributed by atoms with Gasteiger partial charge < -0.3 is 16.2 Å². The number of carboxylic acid groups (broad SMARTS) is 1. The Bertz CT molecular complexity index is 217. The molecule has 0 saturated heterocycles. The van der Waals surface area contributed by atoms with Gasteiger partial charge in [-0.3, -0.25) is 0 Å². The summed E-state index contributed by atoms with van der Waals surface area (Å²) in [4.78, 5) is 11.2. The van der Waals surface area contributed by atoms with Crippen LogP contribution in [0.25, 0.3) is 0 Å². The summed E-state index contributed by atoms with van der Waals surface area (Å²) >= 11 is 4.93. The normalized spacial score (nSPS) is 14.9. The Morgan fingerprint density at radius 2 is 2.00 bits per heavy atom. The van der Waals surface area contributed by atoms with Crippen molar-refractivity contribution in [3.8, 4) is 0 Å². The zero-order chi connectivity index (χ0) is 11.3. The van der Waals surface area contributed by atoms with E-state index in [1.54, 1.807) is 6.92 Å². The van der Waals surface area contributed by atoms with Crippen LogP contribution in [0.5, 0.6) is 0 Å². The fourth-order valence-corrected chi connectivity index (χ4v) is 1.14. The summed E-state index contributed by atoms with van der Waals surface area (Å²) in [6.07, 6.45) is 0.544. The molecule has 0 amide bonds. The predicted octanol–water partition coefficient (Wildman–Crippen LogP) is 0.750. The summed E-state index contributed by atoms with van der Waals surface area (Å²) in [6.45, 7) is 5.66. The molecule has 0 bridgehead atoms. The van der Waals surface area contributed by atoms with Crippen LogP contribution >= 0.6 is 12.2 Å². The van der Waals surface area contributed by atoms with Gasteiger partial charge in [-0.1, -0.05) is 26.1 Å². The Balaban J connectivity index is 4.23. The second-order valence-electron chi connectivity index (χ2n) is 3.82. The van der Waals surface area contributed by atoms with Crippen LogP contribution in [0.3, 0.4) is 0 Å². The largest absolute Gasteiger partial charge is 0.480 e. The topological polar surface area (TPSA) is 75.3 Å². The summed E-state index contributed by atoms with van der Waals surface area (Å²) in [5.74, 6) is -0.582. The molecular formula is C9H18N2O2S. The van der Waals surface area contributed by atoms with Gasteiger partial charge in [-0.25, -0.2) is 4.79 Å². The molecule has 0 aromatic carbocycles. The molecule has 0 aromatic rings. The van der Waals surface area contributed by atoms with E-state index in [1.165, 1.54) is 0 Å². The van der Waals surface area contributed by atoms with Crippen LogP contribution in [0.1, 0.15) is 27.2 Å². The molecule has 0 rings (SSSR count). The minimum atomic E-state index is -0.887. The number of carbonyl (C=O) groups is 1. The van der Waals surface area contributed by atoms with E-state index in [1.807, 2.05) is 13.8 Å². The summed E-state index contributed by atoms with van der Waals surface area (Å²) in [7, 11) is 0. The third-order valence-electron chi connectivity index (χ3n) is 1.74. The van der Waals surface area contributed by atoms with Gasteiger partial charge in [0.25, 0.3) is 0 Å². The Hall–Kier alpha value is -0.680. The monoisotopic (exact) mass is 218 g/mol. The van der Waals surface area contributed by atoms with Gasteiger partial charge in [-0.05, 0) is 19.3 Å². The van der Waals surface area contributed by atoms with Gasteiger partial charge in [-0.15, -0.1) is 0 Å². The first kappa shape index (κ1) is 13.3. The molecule has 0 saturated carbocycles. The Labute approximate surface area is 89.9 Å². The maximum atomic E-state index is 10.8. The van der Waals surface area contributed by atoms with Gasteiger partial charge in [0.05, 0.1) is 11.0 Å². The highest BCUT2D eigenvalue weighted by molar-refractivity contribution is 7.80. The van der Waals surface area contributed by atoms with Gasteiger partial charge in [0.1, 0.15) is 6.04 Å². The number of hydrogen-bond donors (Lipinski definition) is 3. The van der Waals surface area contributed by atoms with Crippen molar-refractivity contribution in [1.82, 2.24) is 5.32 Å². The molecule has 2 atom stereocenters. The SMILES string of the molecule is CC(C)C[C@H](NC(=S)[C@H](C)N)C(=O)O. The first-order valence-corrected chi connectivity index (χ1v) is 5.04. The molecule has 0 aliphatic carbocycles. The highest BCUT2D eigenvalue weighted by atomic mass is 32.1. The van der Waals surface area contributed by atoms with E-state index in [-0.39, 0.29) is 6.04 Å². The molecule has 5 heteroatoms. The van der Waals surface area contributed by atoms with E-state index in [9.17, 15) is 4.79 Å².